The molecule has 1 aromatic heterocycles. The number of fused-ring (bicyclic) bond motifs is 1. The summed E-state index contributed by atoms with van der Waals surface area (Å²) in [5.41, 5.74) is 2.47. The maximum atomic E-state index is 13.2. The monoisotopic (exact) mass is 427 g/mol. The zero-order chi connectivity index (χ0) is 21.3. The summed E-state index contributed by atoms with van der Waals surface area (Å²) in [6.07, 6.45) is 1.87. The number of aromatic nitrogens is 2. The summed E-state index contributed by atoms with van der Waals surface area (Å²) in [5.74, 6) is 1.98. The van der Waals surface area contributed by atoms with Crippen LogP contribution in [0.4, 0.5) is 0 Å². The van der Waals surface area contributed by atoms with Crippen LogP contribution in [0.3, 0.4) is 0 Å². The minimum Gasteiger partial charge on any atom is -0.493 e. The molecule has 1 N–H and O–H groups in total. The Balaban J connectivity index is 1.56. The SMILES string of the molecule is COc1cc(C(=O)N2CCC[C@@H](c3nc4ccccc4[nH]3)C2)cc(Cl)c1OC(C)C. The van der Waals surface area contributed by atoms with E-state index in [0.717, 1.165) is 29.7 Å². The van der Waals surface area contributed by atoms with E-state index in [4.69, 9.17) is 26.1 Å². The number of piperidine rings is 1. The second-order valence-corrected chi connectivity index (χ2v) is 8.29. The quantitative estimate of drug-likeness (QED) is 0.620. The molecule has 1 aliphatic heterocycles. The molecular weight excluding hydrogens is 402 g/mol. The van der Waals surface area contributed by atoms with Crippen molar-refractivity contribution in [3.63, 3.8) is 0 Å². The molecule has 30 heavy (non-hydrogen) atoms. The van der Waals surface area contributed by atoms with Gasteiger partial charge in [-0.25, -0.2) is 4.98 Å². The zero-order valence-corrected chi connectivity index (χ0v) is 18.2. The fourth-order valence-corrected chi connectivity index (χ4v) is 4.18. The van der Waals surface area contributed by atoms with Crippen molar-refractivity contribution >= 4 is 28.5 Å². The average Bonchev–Trinajstić information content (AvgIpc) is 3.18. The number of halogens is 1. The number of para-hydroxylation sites is 2. The first-order valence-electron chi connectivity index (χ1n) is 10.2. The van der Waals surface area contributed by atoms with Gasteiger partial charge in [-0.2, -0.15) is 0 Å². The third-order valence-corrected chi connectivity index (χ3v) is 5.61. The molecule has 0 unspecified atom stereocenters. The molecule has 7 heteroatoms. The van der Waals surface area contributed by atoms with Gasteiger partial charge in [-0.1, -0.05) is 23.7 Å². The van der Waals surface area contributed by atoms with Gasteiger partial charge in [-0.3, -0.25) is 4.79 Å². The number of hydrogen-bond donors (Lipinski definition) is 1. The summed E-state index contributed by atoms with van der Waals surface area (Å²) in [6.45, 7) is 5.16. The van der Waals surface area contributed by atoms with Crippen LogP contribution in [0.15, 0.2) is 36.4 Å². The van der Waals surface area contributed by atoms with E-state index in [2.05, 4.69) is 4.98 Å². The van der Waals surface area contributed by atoms with Gasteiger partial charge in [0.05, 0.1) is 29.3 Å². The number of methoxy groups -OCH3 is 1. The van der Waals surface area contributed by atoms with Crippen molar-refractivity contribution in [1.82, 2.24) is 14.9 Å². The number of nitrogens with one attached hydrogen (secondary N) is 1. The maximum absolute atomic E-state index is 13.2. The number of carbonyl (C=O) groups is 1. The minimum atomic E-state index is -0.0629. The van der Waals surface area contributed by atoms with Gasteiger partial charge >= 0.3 is 0 Å². The molecule has 1 atom stereocenters. The number of benzene rings is 2. The number of hydrogen-bond acceptors (Lipinski definition) is 4. The predicted octanol–water partition coefficient (Wildman–Crippen LogP) is 5.03. The number of aromatic amines is 1. The molecule has 1 aliphatic rings. The first-order chi connectivity index (χ1) is 14.5. The highest BCUT2D eigenvalue weighted by molar-refractivity contribution is 6.32. The molecule has 4 rings (SSSR count). The van der Waals surface area contributed by atoms with E-state index >= 15 is 0 Å². The molecule has 158 valence electrons. The van der Waals surface area contributed by atoms with E-state index < -0.39 is 0 Å². The van der Waals surface area contributed by atoms with Crippen molar-refractivity contribution in [2.75, 3.05) is 20.2 Å². The van der Waals surface area contributed by atoms with Crippen molar-refractivity contribution in [1.29, 1.82) is 0 Å². The predicted molar refractivity (Wildman–Crippen MR) is 118 cm³/mol. The van der Waals surface area contributed by atoms with Crippen LogP contribution in [0.25, 0.3) is 11.0 Å². The Hall–Kier alpha value is -2.73. The number of H-pyrrole nitrogens is 1. The van der Waals surface area contributed by atoms with Gasteiger partial charge in [-0.15, -0.1) is 0 Å². The van der Waals surface area contributed by atoms with Gasteiger partial charge in [0.15, 0.2) is 11.5 Å². The Morgan fingerprint density at radius 3 is 2.83 bits per heavy atom. The summed E-state index contributed by atoms with van der Waals surface area (Å²) >= 11 is 6.42. The average molecular weight is 428 g/mol. The first kappa shape index (κ1) is 20.5. The van der Waals surface area contributed by atoms with Crippen LogP contribution in [0.5, 0.6) is 11.5 Å². The Kier molecular flexibility index (Phi) is 5.86. The van der Waals surface area contributed by atoms with Gasteiger partial charge in [0.1, 0.15) is 5.82 Å². The number of nitrogens with zero attached hydrogens (tertiary/aromatic N) is 2. The Morgan fingerprint density at radius 2 is 2.10 bits per heavy atom. The summed E-state index contributed by atoms with van der Waals surface area (Å²) < 4.78 is 11.2. The van der Waals surface area contributed by atoms with Gasteiger partial charge in [0, 0.05) is 24.6 Å². The van der Waals surface area contributed by atoms with Gasteiger partial charge in [-0.05, 0) is 51.0 Å². The highest BCUT2D eigenvalue weighted by Crippen LogP contribution is 2.38. The second-order valence-electron chi connectivity index (χ2n) is 7.89. The summed E-state index contributed by atoms with van der Waals surface area (Å²) in [5, 5.41) is 0.372. The lowest BCUT2D eigenvalue weighted by Crippen LogP contribution is -2.39. The van der Waals surface area contributed by atoms with E-state index in [1.165, 1.54) is 0 Å². The third kappa shape index (κ3) is 4.10. The number of ether oxygens (including phenoxy) is 2. The van der Waals surface area contributed by atoms with Crippen LogP contribution in [0.2, 0.25) is 5.02 Å². The molecule has 0 radical (unpaired) electrons. The van der Waals surface area contributed by atoms with E-state index in [1.807, 2.05) is 43.0 Å². The van der Waals surface area contributed by atoms with Crippen LogP contribution in [-0.4, -0.2) is 47.1 Å². The van der Waals surface area contributed by atoms with Gasteiger partial charge in [0.2, 0.25) is 0 Å². The van der Waals surface area contributed by atoms with Crippen LogP contribution >= 0.6 is 11.6 Å². The third-order valence-electron chi connectivity index (χ3n) is 5.33. The fraction of sp³-hybridized carbons (Fsp3) is 0.391. The minimum absolute atomic E-state index is 0.0513. The molecule has 0 spiro atoms. The standard InChI is InChI=1S/C23H26ClN3O3/c1-14(2)30-21-17(24)11-16(12-20(21)29-3)23(28)27-10-6-7-15(13-27)22-25-18-8-4-5-9-19(18)26-22/h4-5,8-9,11-12,14-15H,6-7,10,13H2,1-3H3,(H,25,26)/t15-/m1/s1. The summed E-state index contributed by atoms with van der Waals surface area (Å²) in [4.78, 5) is 23.3. The van der Waals surface area contributed by atoms with Crippen LogP contribution in [-0.2, 0) is 0 Å². The lowest BCUT2D eigenvalue weighted by molar-refractivity contribution is 0.0704. The largest absolute Gasteiger partial charge is 0.493 e. The highest BCUT2D eigenvalue weighted by Gasteiger charge is 2.28. The molecule has 1 amide bonds. The number of carbonyl (C=O) groups excluding carboxylic acids is 1. The second kappa shape index (κ2) is 8.56. The van der Waals surface area contributed by atoms with Crippen LogP contribution in [0.1, 0.15) is 48.8 Å². The van der Waals surface area contributed by atoms with Gasteiger partial charge < -0.3 is 19.4 Å². The molecule has 0 saturated carbocycles. The highest BCUT2D eigenvalue weighted by atomic mass is 35.5. The van der Waals surface area contributed by atoms with Gasteiger partial charge in [0.25, 0.3) is 5.91 Å². The smallest absolute Gasteiger partial charge is 0.254 e. The number of amides is 1. The van der Waals surface area contributed by atoms with E-state index in [0.29, 0.717) is 35.2 Å². The molecule has 2 heterocycles. The van der Waals surface area contributed by atoms with Crippen molar-refractivity contribution in [3.05, 3.63) is 52.8 Å². The summed E-state index contributed by atoms with van der Waals surface area (Å²) in [7, 11) is 1.55. The summed E-state index contributed by atoms with van der Waals surface area (Å²) in [6, 6.07) is 11.4. The van der Waals surface area contributed by atoms with E-state index in [9.17, 15) is 4.79 Å². The molecule has 3 aromatic rings. The molecule has 1 fully saturated rings. The molecule has 2 aromatic carbocycles. The van der Waals surface area contributed by atoms with Crippen LogP contribution < -0.4 is 9.47 Å². The topological polar surface area (TPSA) is 67.5 Å². The maximum Gasteiger partial charge on any atom is 0.254 e. The van der Waals surface area contributed by atoms with E-state index in [1.54, 1.807) is 19.2 Å². The molecule has 0 bridgehead atoms. The number of likely N-dealkylation sites (tertiary alicyclic amines) is 1. The fourth-order valence-electron chi connectivity index (χ4n) is 3.93. The molecule has 6 nitrogen and oxygen atoms in total. The molecule has 1 saturated heterocycles. The Bertz CT molecular complexity index is 1030. The molecular formula is C23H26ClN3O3. The van der Waals surface area contributed by atoms with Crippen molar-refractivity contribution in [2.45, 2.75) is 38.7 Å². The van der Waals surface area contributed by atoms with Crippen molar-refractivity contribution in [2.24, 2.45) is 0 Å². The normalized spacial score (nSPS) is 16.8. The Morgan fingerprint density at radius 1 is 1.30 bits per heavy atom. The van der Waals surface area contributed by atoms with Crippen molar-refractivity contribution in [3.8, 4) is 11.5 Å². The number of imidazole rings is 1. The number of rotatable bonds is 5. The zero-order valence-electron chi connectivity index (χ0n) is 17.4. The lowest BCUT2D eigenvalue weighted by atomic mass is 9.96. The first-order valence-corrected chi connectivity index (χ1v) is 10.6. The van der Waals surface area contributed by atoms with E-state index in [-0.39, 0.29) is 17.9 Å². The Labute approximate surface area is 181 Å². The van der Waals surface area contributed by atoms with Crippen molar-refractivity contribution < 1.29 is 14.3 Å². The molecule has 0 aliphatic carbocycles. The lowest BCUT2D eigenvalue weighted by Gasteiger charge is -2.32. The van der Waals surface area contributed by atoms with Crippen LogP contribution in [0, 0.1) is 0 Å².